The zero-order chi connectivity index (χ0) is 15.6. The Bertz CT molecular complexity index is 693. The second-order valence-electron chi connectivity index (χ2n) is 6.34. The van der Waals surface area contributed by atoms with Crippen molar-refractivity contribution in [3.8, 4) is 17.5 Å². The third-order valence-electron chi connectivity index (χ3n) is 4.51. The van der Waals surface area contributed by atoms with Crippen LogP contribution in [0.4, 0.5) is 0 Å². The van der Waals surface area contributed by atoms with Gasteiger partial charge in [0.15, 0.2) is 5.82 Å². The van der Waals surface area contributed by atoms with E-state index in [2.05, 4.69) is 23.1 Å². The number of aliphatic hydroxyl groups is 1. The van der Waals surface area contributed by atoms with Gasteiger partial charge in [-0.1, -0.05) is 19.1 Å². The van der Waals surface area contributed by atoms with Crippen LogP contribution >= 0.6 is 0 Å². The van der Waals surface area contributed by atoms with Crippen molar-refractivity contribution in [3.05, 3.63) is 36.2 Å². The molecule has 0 saturated heterocycles. The summed E-state index contributed by atoms with van der Waals surface area (Å²) in [5.41, 5.74) is 0.739. The van der Waals surface area contributed by atoms with Crippen LogP contribution in [-0.4, -0.2) is 25.5 Å². The predicted octanol–water partition coefficient (Wildman–Crippen LogP) is 2.76. The number of nitriles is 1. The van der Waals surface area contributed by atoms with E-state index >= 15 is 0 Å². The van der Waals surface area contributed by atoms with E-state index < -0.39 is 5.60 Å². The molecule has 1 aromatic heterocycles. The summed E-state index contributed by atoms with van der Waals surface area (Å²) in [5, 5.41) is 24.1. The fourth-order valence-corrected chi connectivity index (χ4v) is 3.07. The molecule has 0 aliphatic heterocycles. The molecule has 0 unspecified atom stereocenters. The van der Waals surface area contributed by atoms with Crippen LogP contribution in [0.1, 0.15) is 38.2 Å². The fraction of sp³-hybridized carbons (Fsp3) is 0.471. The Balaban J connectivity index is 1.85. The van der Waals surface area contributed by atoms with Gasteiger partial charge in [0.2, 0.25) is 0 Å². The molecule has 0 spiro atoms. The van der Waals surface area contributed by atoms with Crippen molar-refractivity contribution in [2.45, 2.75) is 44.8 Å². The Kier molecular flexibility index (Phi) is 3.95. The minimum atomic E-state index is -0.707. The minimum Gasteiger partial charge on any atom is -0.388 e. The Hall–Kier alpha value is -2.19. The summed E-state index contributed by atoms with van der Waals surface area (Å²) >= 11 is 0. The first-order valence-electron chi connectivity index (χ1n) is 7.70. The first kappa shape index (κ1) is 14.7. The standard InChI is InChI=1S/C17H20N4O/c1-13-5-7-17(22,8-6-13)11-21-16(19-12-20-21)15-4-2-3-14(9-15)10-18/h2-4,9,12-13,22H,5-8,11H2,1H3. The molecule has 0 amide bonds. The highest BCUT2D eigenvalue weighted by molar-refractivity contribution is 5.57. The van der Waals surface area contributed by atoms with Crippen molar-refractivity contribution in [3.63, 3.8) is 0 Å². The monoisotopic (exact) mass is 296 g/mol. The van der Waals surface area contributed by atoms with Gasteiger partial charge < -0.3 is 5.11 Å². The molecule has 1 aliphatic rings. The van der Waals surface area contributed by atoms with Crippen LogP contribution in [0.15, 0.2) is 30.6 Å². The Labute approximate surface area is 130 Å². The van der Waals surface area contributed by atoms with E-state index in [1.54, 1.807) is 16.8 Å². The summed E-state index contributed by atoms with van der Waals surface area (Å²) in [4.78, 5) is 4.30. The summed E-state index contributed by atoms with van der Waals surface area (Å²) in [6.07, 6.45) is 5.19. The Morgan fingerprint density at radius 1 is 1.41 bits per heavy atom. The third kappa shape index (κ3) is 3.02. The van der Waals surface area contributed by atoms with Crippen LogP contribution in [0.25, 0.3) is 11.4 Å². The smallest absolute Gasteiger partial charge is 0.158 e. The van der Waals surface area contributed by atoms with E-state index in [1.165, 1.54) is 6.33 Å². The molecule has 5 nitrogen and oxygen atoms in total. The number of hydrogen-bond acceptors (Lipinski definition) is 4. The van der Waals surface area contributed by atoms with Gasteiger partial charge in [-0.25, -0.2) is 9.67 Å². The van der Waals surface area contributed by atoms with E-state index in [-0.39, 0.29) is 0 Å². The lowest BCUT2D eigenvalue weighted by molar-refractivity contribution is -0.0240. The molecule has 3 rings (SSSR count). The highest BCUT2D eigenvalue weighted by atomic mass is 16.3. The minimum absolute atomic E-state index is 0.450. The SMILES string of the molecule is CC1CCC(O)(Cn2ncnc2-c2cccc(C#N)c2)CC1. The molecule has 0 bridgehead atoms. The van der Waals surface area contributed by atoms with Crippen molar-refractivity contribution in [1.29, 1.82) is 5.26 Å². The summed E-state index contributed by atoms with van der Waals surface area (Å²) in [7, 11) is 0. The van der Waals surface area contributed by atoms with Crippen LogP contribution in [0.3, 0.4) is 0 Å². The first-order chi connectivity index (χ1) is 10.6. The Morgan fingerprint density at radius 3 is 2.91 bits per heavy atom. The van der Waals surface area contributed by atoms with Crippen molar-refractivity contribution in [1.82, 2.24) is 14.8 Å². The maximum Gasteiger partial charge on any atom is 0.158 e. The lowest BCUT2D eigenvalue weighted by atomic mass is 9.79. The molecular weight excluding hydrogens is 276 g/mol. The molecule has 114 valence electrons. The van der Waals surface area contributed by atoms with E-state index in [0.29, 0.717) is 23.9 Å². The summed E-state index contributed by atoms with van der Waals surface area (Å²) in [6, 6.07) is 9.45. The second kappa shape index (κ2) is 5.90. The summed E-state index contributed by atoms with van der Waals surface area (Å²) in [6.45, 7) is 2.68. The maximum atomic E-state index is 10.8. The fourth-order valence-electron chi connectivity index (χ4n) is 3.07. The van der Waals surface area contributed by atoms with Gasteiger partial charge >= 0.3 is 0 Å². The molecule has 5 heteroatoms. The number of nitrogens with zero attached hydrogens (tertiary/aromatic N) is 4. The molecule has 1 aliphatic carbocycles. The highest BCUT2D eigenvalue weighted by Crippen LogP contribution is 2.33. The molecule has 22 heavy (non-hydrogen) atoms. The van der Waals surface area contributed by atoms with Crippen LogP contribution in [0, 0.1) is 17.2 Å². The molecular formula is C17H20N4O. The topological polar surface area (TPSA) is 74.7 Å². The zero-order valence-corrected chi connectivity index (χ0v) is 12.7. The van der Waals surface area contributed by atoms with E-state index in [1.807, 2.05) is 12.1 Å². The van der Waals surface area contributed by atoms with Gasteiger partial charge in [0.1, 0.15) is 6.33 Å². The second-order valence-corrected chi connectivity index (χ2v) is 6.34. The first-order valence-corrected chi connectivity index (χ1v) is 7.70. The van der Waals surface area contributed by atoms with Crippen molar-refractivity contribution >= 4 is 0 Å². The van der Waals surface area contributed by atoms with Gasteiger partial charge in [0.05, 0.1) is 23.8 Å². The van der Waals surface area contributed by atoms with Crippen LogP contribution in [0.5, 0.6) is 0 Å². The summed E-state index contributed by atoms with van der Waals surface area (Å²) in [5.74, 6) is 1.38. The van der Waals surface area contributed by atoms with Crippen molar-refractivity contribution in [2.24, 2.45) is 5.92 Å². The van der Waals surface area contributed by atoms with Crippen LogP contribution < -0.4 is 0 Å². The van der Waals surface area contributed by atoms with Crippen molar-refractivity contribution < 1.29 is 5.11 Å². The normalized spacial score (nSPS) is 24.9. The van der Waals surface area contributed by atoms with Gasteiger partial charge in [0.25, 0.3) is 0 Å². The third-order valence-corrected chi connectivity index (χ3v) is 4.51. The zero-order valence-electron chi connectivity index (χ0n) is 12.7. The molecule has 1 saturated carbocycles. The van der Waals surface area contributed by atoms with E-state index in [0.717, 1.165) is 31.2 Å². The predicted molar refractivity (Wildman–Crippen MR) is 82.8 cm³/mol. The van der Waals surface area contributed by atoms with Gasteiger partial charge in [-0.3, -0.25) is 0 Å². The molecule has 1 aromatic carbocycles. The highest BCUT2D eigenvalue weighted by Gasteiger charge is 2.33. The molecule has 1 heterocycles. The van der Waals surface area contributed by atoms with E-state index in [9.17, 15) is 5.11 Å². The van der Waals surface area contributed by atoms with Gasteiger partial charge in [-0.15, -0.1) is 0 Å². The molecule has 2 aromatic rings. The van der Waals surface area contributed by atoms with Crippen LogP contribution in [0.2, 0.25) is 0 Å². The number of aromatic nitrogens is 3. The van der Waals surface area contributed by atoms with Gasteiger partial charge in [0, 0.05) is 5.56 Å². The van der Waals surface area contributed by atoms with Crippen LogP contribution in [-0.2, 0) is 6.54 Å². The number of rotatable bonds is 3. The van der Waals surface area contributed by atoms with Gasteiger partial charge in [-0.2, -0.15) is 10.4 Å². The molecule has 0 atom stereocenters. The van der Waals surface area contributed by atoms with E-state index in [4.69, 9.17) is 5.26 Å². The Morgan fingerprint density at radius 2 is 2.18 bits per heavy atom. The molecule has 1 N–H and O–H groups in total. The lowest BCUT2D eigenvalue weighted by Crippen LogP contribution is -2.38. The largest absolute Gasteiger partial charge is 0.388 e. The van der Waals surface area contributed by atoms with Gasteiger partial charge in [-0.05, 0) is 43.7 Å². The summed E-state index contributed by atoms with van der Waals surface area (Å²) < 4.78 is 1.76. The average molecular weight is 296 g/mol. The number of hydrogen-bond donors (Lipinski definition) is 1. The van der Waals surface area contributed by atoms with Crippen molar-refractivity contribution in [2.75, 3.05) is 0 Å². The quantitative estimate of drug-likeness (QED) is 0.945. The molecule has 1 fully saturated rings. The lowest BCUT2D eigenvalue weighted by Gasteiger charge is -2.34. The molecule has 0 radical (unpaired) electrons. The average Bonchev–Trinajstić information content (AvgIpc) is 2.98. The number of benzene rings is 1. The maximum absolute atomic E-state index is 10.8.